The van der Waals surface area contributed by atoms with Crippen molar-refractivity contribution in [2.45, 2.75) is 0 Å². The van der Waals surface area contributed by atoms with E-state index in [9.17, 15) is 14.4 Å². The molecule has 0 unspecified atom stereocenters. The summed E-state index contributed by atoms with van der Waals surface area (Å²) in [5.74, 6) is 4.69. The second kappa shape index (κ2) is 5.71. The van der Waals surface area contributed by atoms with Crippen LogP contribution in [0.2, 0.25) is 0 Å². The number of hydrogen-bond acceptors (Lipinski definition) is 4. The van der Waals surface area contributed by atoms with Crippen LogP contribution >= 0.6 is 0 Å². The summed E-state index contributed by atoms with van der Waals surface area (Å²) in [6, 6.07) is 6.63. The molecule has 0 aliphatic carbocycles. The van der Waals surface area contributed by atoms with Crippen LogP contribution in [-0.2, 0) is 0 Å². The molecule has 0 radical (unpaired) electrons. The van der Waals surface area contributed by atoms with E-state index in [1.54, 1.807) is 24.3 Å². The molecule has 20 heavy (non-hydrogen) atoms. The average molecular weight is 270 g/mol. The van der Waals surface area contributed by atoms with Gasteiger partial charge in [-0.2, -0.15) is 0 Å². The summed E-state index contributed by atoms with van der Waals surface area (Å²) in [6.07, 6.45) is 1.16. The van der Waals surface area contributed by atoms with Crippen LogP contribution in [0.1, 0.15) is 15.9 Å². The van der Waals surface area contributed by atoms with E-state index >= 15 is 0 Å². The van der Waals surface area contributed by atoms with Gasteiger partial charge in [-0.3, -0.25) is 14.6 Å². The second-order valence-corrected chi connectivity index (χ2v) is 3.77. The predicted octanol–water partition coefficient (Wildman–Crippen LogP) is 0.306. The Bertz CT molecular complexity index is 821. The van der Waals surface area contributed by atoms with Crippen molar-refractivity contribution in [1.82, 2.24) is 9.97 Å². The van der Waals surface area contributed by atoms with Crippen molar-refractivity contribution < 1.29 is 9.53 Å². The van der Waals surface area contributed by atoms with Gasteiger partial charge in [0.15, 0.2) is 0 Å². The van der Waals surface area contributed by atoms with E-state index in [0.717, 1.165) is 6.20 Å². The summed E-state index contributed by atoms with van der Waals surface area (Å²) in [7, 11) is 1.45. The summed E-state index contributed by atoms with van der Waals surface area (Å²) >= 11 is 0. The Morgan fingerprint density at radius 3 is 2.70 bits per heavy atom. The zero-order valence-electron chi connectivity index (χ0n) is 10.5. The highest BCUT2D eigenvalue weighted by Gasteiger charge is 2.08. The molecule has 0 amide bonds. The molecule has 0 fully saturated rings. The van der Waals surface area contributed by atoms with Gasteiger partial charge in [0.2, 0.25) is 5.78 Å². The van der Waals surface area contributed by atoms with E-state index in [0.29, 0.717) is 11.3 Å². The van der Waals surface area contributed by atoms with Gasteiger partial charge >= 0.3 is 5.69 Å². The van der Waals surface area contributed by atoms with Crippen LogP contribution in [0.15, 0.2) is 40.1 Å². The van der Waals surface area contributed by atoms with Crippen molar-refractivity contribution in [2.75, 3.05) is 7.11 Å². The molecule has 6 heteroatoms. The molecule has 6 nitrogen and oxygen atoms in total. The Morgan fingerprint density at radius 1 is 1.25 bits per heavy atom. The molecule has 0 aliphatic rings. The standard InChI is InChI=1S/C14H10N2O4/c1-20-12-5-3-2-4-10(12)11(17)7-6-9-8-15-14(19)16-13(9)18/h2-5,8H,1H3,(H2,15,16,18,19). The summed E-state index contributed by atoms with van der Waals surface area (Å²) in [6.45, 7) is 0. The maximum Gasteiger partial charge on any atom is 0.325 e. The number of benzene rings is 1. The van der Waals surface area contributed by atoms with Crippen LogP contribution in [0.25, 0.3) is 0 Å². The molecule has 2 aromatic rings. The van der Waals surface area contributed by atoms with Gasteiger partial charge in [0.05, 0.1) is 12.7 Å². The number of aromatic amines is 2. The number of Topliss-reactive ketones (excluding diaryl/α,β-unsaturated/α-hetero) is 1. The van der Waals surface area contributed by atoms with Crippen LogP contribution in [0.5, 0.6) is 5.75 Å². The molecule has 0 spiro atoms. The zero-order valence-corrected chi connectivity index (χ0v) is 10.5. The van der Waals surface area contributed by atoms with Crippen LogP contribution < -0.4 is 16.0 Å². The summed E-state index contributed by atoms with van der Waals surface area (Å²) in [5.41, 5.74) is -0.957. The lowest BCUT2D eigenvalue weighted by Crippen LogP contribution is -2.23. The van der Waals surface area contributed by atoms with Gasteiger partial charge in [-0.25, -0.2) is 4.79 Å². The van der Waals surface area contributed by atoms with Gasteiger partial charge in [-0.15, -0.1) is 0 Å². The first-order chi connectivity index (χ1) is 9.61. The maximum absolute atomic E-state index is 11.9. The largest absolute Gasteiger partial charge is 0.496 e. The number of methoxy groups -OCH3 is 1. The van der Waals surface area contributed by atoms with E-state index in [1.165, 1.54) is 7.11 Å². The molecule has 0 saturated carbocycles. The quantitative estimate of drug-likeness (QED) is 0.606. The first kappa shape index (κ1) is 13.4. The molecule has 1 aromatic carbocycles. The average Bonchev–Trinajstić information content (AvgIpc) is 2.46. The Hall–Kier alpha value is -3.07. The molecule has 0 bridgehead atoms. The number of para-hydroxylation sites is 1. The topological polar surface area (TPSA) is 92.0 Å². The number of nitrogens with one attached hydrogen (secondary N) is 2. The summed E-state index contributed by atoms with van der Waals surface area (Å²) in [4.78, 5) is 38.5. The predicted molar refractivity (Wildman–Crippen MR) is 71.9 cm³/mol. The Kier molecular flexibility index (Phi) is 3.82. The number of aromatic nitrogens is 2. The third-order valence-corrected chi connectivity index (χ3v) is 2.48. The van der Waals surface area contributed by atoms with Gasteiger partial charge in [0.25, 0.3) is 5.56 Å². The summed E-state index contributed by atoms with van der Waals surface area (Å²) in [5, 5.41) is 0. The minimum atomic E-state index is -0.644. The molecule has 0 aliphatic heterocycles. The van der Waals surface area contributed by atoms with E-state index in [-0.39, 0.29) is 5.56 Å². The van der Waals surface area contributed by atoms with Crippen molar-refractivity contribution in [3.8, 4) is 17.6 Å². The van der Waals surface area contributed by atoms with Crippen molar-refractivity contribution >= 4 is 5.78 Å². The van der Waals surface area contributed by atoms with Gasteiger partial charge in [0, 0.05) is 6.20 Å². The molecule has 1 aromatic heterocycles. The fraction of sp³-hybridized carbons (Fsp3) is 0.0714. The van der Waals surface area contributed by atoms with E-state index < -0.39 is 17.0 Å². The normalized spacial score (nSPS) is 9.45. The highest BCUT2D eigenvalue weighted by molar-refractivity contribution is 6.11. The zero-order chi connectivity index (χ0) is 14.5. The molecular weight excluding hydrogens is 260 g/mol. The van der Waals surface area contributed by atoms with Crippen molar-refractivity contribution in [1.29, 1.82) is 0 Å². The minimum Gasteiger partial charge on any atom is -0.496 e. The lowest BCUT2D eigenvalue weighted by atomic mass is 10.1. The fourth-order valence-electron chi connectivity index (χ4n) is 1.53. The number of carbonyl (C=O) groups excluding carboxylic acids is 1. The van der Waals surface area contributed by atoms with Crippen LogP contribution in [0.3, 0.4) is 0 Å². The van der Waals surface area contributed by atoms with Gasteiger partial charge < -0.3 is 9.72 Å². The number of H-pyrrole nitrogens is 2. The van der Waals surface area contributed by atoms with Crippen LogP contribution in [-0.4, -0.2) is 22.9 Å². The maximum atomic E-state index is 11.9. The van der Waals surface area contributed by atoms with Crippen molar-refractivity contribution in [2.24, 2.45) is 0 Å². The first-order valence-corrected chi connectivity index (χ1v) is 5.63. The Balaban J connectivity index is 2.35. The monoisotopic (exact) mass is 270 g/mol. The molecular formula is C14H10N2O4. The number of carbonyl (C=O) groups is 1. The molecule has 0 saturated heterocycles. The number of rotatable bonds is 2. The SMILES string of the molecule is COc1ccccc1C(=O)C#Cc1c[nH]c(=O)[nH]c1=O. The first-order valence-electron chi connectivity index (χ1n) is 5.63. The molecule has 2 rings (SSSR count). The second-order valence-electron chi connectivity index (χ2n) is 3.77. The smallest absolute Gasteiger partial charge is 0.325 e. The van der Waals surface area contributed by atoms with E-state index in [4.69, 9.17) is 4.74 Å². The fourth-order valence-corrected chi connectivity index (χ4v) is 1.53. The van der Waals surface area contributed by atoms with Gasteiger partial charge in [-0.05, 0) is 18.1 Å². The third-order valence-electron chi connectivity index (χ3n) is 2.48. The van der Waals surface area contributed by atoms with Crippen molar-refractivity contribution in [3.63, 3.8) is 0 Å². The van der Waals surface area contributed by atoms with Gasteiger partial charge in [0.1, 0.15) is 11.3 Å². The number of ketones is 1. The molecule has 0 atom stereocenters. The van der Waals surface area contributed by atoms with Gasteiger partial charge in [-0.1, -0.05) is 18.1 Å². The highest BCUT2D eigenvalue weighted by Crippen LogP contribution is 2.17. The van der Waals surface area contributed by atoms with E-state index in [1.807, 2.05) is 4.98 Å². The number of hydrogen-bond donors (Lipinski definition) is 2. The van der Waals surface area contributed by atoms with Crippen molar-refractivity contribution in [3.05, 3.63) is 62.4 Å². The highest BCUT2D eigenvalue weighted by atomic mass is 16.5. The van der Waals surface area contributed by atoms with Crippen LogP contribution in [0.4, 0.5) is 0 Å². The molecule has 1 heterocycles. The molecule has 100 valence electrons. The summed E-state index contributed by atoms with van der Waals surface area (Å²) < 4.78 is 5.05. The van der Waals surface area contributed by atoms with Crippen LogP contribution in [0, 0.1) is 11.8 Å². The minimum absolute atomic E-state index is 0.00727. The lowest BCUT2D eigenvalue weighted by molar-refractivity contribution is 0.105. The number of ether oxygens (including phenoxy) is 1. The lowest BCUT2D eigenvalue weighted by Gasteiger charge is -2.02. The van der Waals surface area contributed by atoms with E-state index in [2.05, 4.69) is 16.8 Å². The molecule has 2 N–H and O–H groups in total. The Morgan fingerprint density at radius 2 is 2.00 bits per heavy atom. The third kappa shape index (κ3) is 2.84. The Labute approximate surface area is 113 Å².